The molecule has 0 bridgehead atoms. The van der Waals surface area contributed by atoms with Crippen LogP contribution in [0.1, 0.15) is 21.6 Å². The third-order valence-electron chi connectivity index (χ3n) is 3.90. The fourth-order valence-electron chi connectivity index (χ4n) is 2.61. The molecule has 0 aliphatic carbocycles. The molecule has 0 saturated heterocycles. The van der Waals surface area contributed by atoms with Crippen molar-refractivity contribution >= 4 is 5.97 Å². The van der Waals surface area contributed by atoms with Crippen LogP contribution in [0.15, 0.2) is 48.5 Å². The van der Waals surface area contributed by atoms with Crippen LogP contribution < -0.4 is 4.74 Å². The molecule has 0 saturated carbocycles. The summed E-state index contributed by atoms with van der Waals surface area (Å²) in [4.78, 5) is 11.4. The molecule has 0 atom stereocenters. The second kappa shape index (κ2) is 6.20. The molecule has 3 aromatic rings. The summed E-state index contributed by atoms with van der Waals surface area (Å²) in [6, 6.07) is 15.1. The lowest BCUT2D eigenvalue weighted by molar-refractivity contribution is 0.0690. The summed E-state index contributed by atoms with van der Waals surface area (Å²) in [5, 5.41) is 13.5. The van der Waals surface area contributed by atoms with Crippen LogP contribution in [-0.4, -0.2) is 28.0 Å². The molecule has 0 aliphatic heterocycles. The van der Waals surface area contributed by atoms with Gasteiger partial charge in [0.1, 0.15) is 5.75 Å². The van der Waals surface area contributed by atoms with Crippen LogP contribution in [0.25, 0.3) is 16.9 Å². The fraction of sp³-hybridized carbons (Fsp3) is 0.158. The minimum atomic E-state index is -1.05. The van der Waals surface area contributed by atoms with E-state index in [1.807, 2.05) is 56.3 Å². The Labute approximate surface area is 140 Å². The molecule has 0 unspecified atom stereocenters. The highest BCUT2D eigenvalue weighted by atomic mass is 16.5. The molecular formula is C19H18N2O3. The van der Waals surface area contributed by atoms with Gasteiger partial charge in [0.25, 0.3) is 0 Å². The maximum Gasteiger partial charge on any atom is 0.356 e. The van der Waals surface area contributed by atoms with Crippen molar-refractivity contribution in [2.24, 2.45) is 0 Å². The lowest BCUT2D eigenvalue weighted by Crippen LogP contribution is -2.02. The first kappa shape index (κ1) is 15.8. The van der Waals surface area contributed by atoms with Gasteiger partial charge < -0.3 is 9.84 Å². The summed E-state index contributed by atoms with van der Waals surface area (Å²) in [6.45, 7) is 3.95. The third kappa shape index (κ3) is 2.88. The van der Waals surface area contributed by atoms with Crippen LogP contribution in [0.4, 0.5) is 0 Å². The molecule has 0 aliphatic rings. The van der Waals surface area contributed by atoms with E-state index >= 15 is 0 Å². The average molecular weight is 322 g/mol. The molecule has 1 heterocycles. The van der Waals surface area contributed by atoms with Gasteiger partial charge in [0.2, 0.25) is 0 Å². The lowest BCUT2D eigenvalue weighted by Gasteiger charge is -2.10. The number of carboxylic acids is 1. The van der Waals surface area contributed by atoms with E-state index in [2.05, 4.69) is 5.10 Å². The largest absolute Gasteiger partial charge is 0.496 e. The summed E-state index contributed by atoms with van der Waals surface area (Å²) in [6.07, 6.45) is 0. The maximum atomic E-state index is 11.4. The minimum Gasteiger partial charge on any atom is -0.496 e. The quantitative estimate of drug-likeness (QED) is 0.792. The lowest BCUT2D eigenvalue weighted by atomic mass is 10.1. The van der Waals surface area contributed by atoms with Crippen molar-refractivity contribution in [1.82, 2.24) is 9.78 Å². The normalized spacial score (nSPS) is 10.6. The third-order valence-corrected chi connectivity index (χ3v) is 3.90. The molecule has 2 aromatic carbocycles. The number of aryl methyl sites for hydroxylation is 2. The van der Waals surface area contributed by atoms with E-state index in [9.17, 15) is 9.90 Å². The van der Waals surface area contributed by atoms with Gasteiger partial charge in [-0.15, -0.1) is 0 Å². The van der Waals surface area contributed by atoms with E-state index in [4.69, 9.17) is 4.74 Å². The standard InChI is InChI=1S/C19H18N2O3/c1-12-4-7-15(8-5-12)21-17(11-16(20-21)19(22)23)14-6-9-18(24-3)13(2)10-14/h4-11H,1-3H3,(H,22,23). The Morgan fingerprint density at radius 1 is 1.08 bits per heavy atom. The first-order valence-electron chi connectivity index (χ1n) is 7.55. The minimum absolute atomic E-state index is 0.0130. The predicted octanol–water partition coefficient (Wildman–Crippen LogP) is 3.86. The van der Waals surface area contributed by atoms with Gasteiger partial charge in [0.15, 0.2) is 5.69 Å². The first-order valence-corrected chi connectivity index (χ1v) is 7.55. The molecule has 0 radical (unpaired) electrons. The molecule has 0 spiro atoms. The van der Waals surface area contributed by atoms with Crippen LogP contribution in [0, 0.1) is 13.8 Å². The number of aromatic nitrogens is 2. The zero-order valence-corrected chi connectivity index (χ0v) is 13.8. The predicted molar refractivity (Wildman–Crippen MR) is 92.0 cm³/mol. The zero-order valence-electron chi connectivity index (χ0n) is 13.8. The topological polar surface area (TPSA) is 64.3 Å². The number of ether oxygens (including phenoxy) is 1. The molecular weight excluding hydrogens is 304 g/mol. The molecule has 5 heteroatoms. The number of rotatable bonds is 4. The number of methoxy groups -OCH3 is 1. The molecule has 0 amide bonds. The van der Waals surface area contributed by atoms with Gasteiger partial charge in [0, 0.05) is 5.56 Å². The van der Waals surface area contributed by atoms with E-state index in [-0.39, 0.29) is 5.69 Å². The van der Waals surface area contributed by atoms with Crippen molar-refractivity contribution < 1.29 is 14.6 Å². The Bertz CT molecular complexity index is 895. The van der Waals surface area contributed by atoms with Gasteiger partial charge in [-0.3, -0.25) is 0 Å². The highest BCUT2D eigenvalue weighted by molar-refractivity contribution is 5.87. The molecule has 0 fully saturated rings. The van der Waals surface area contributed by atoms with Crippen LogP contribution in [0.5, 0.6) is 5.75 Å². The molecule has 24 heavy (non-hydrogen) atoms. The number of aromatic carboxylic acids is 1. The Hall–Kier alpha value is -3.08. The maximum absolute atomic E-state index is 11.4. The highest BCUT2D eigenvalue weighted by Gasteiger charge is 2.16. The van der Waals surface area contributed by atoms with Crippen LogP contribution in [0.3, 0.4) is 0 Å². The second-order valence-electron chi connectivity index (χ2n) is 5.65. The van der Waals surface area contributed by atoms with Crippen molar-refractivity contribution in [3.05, 3.63) is 65.4 Å². The smallest absolute Gasteiger partial charge is 0.356 e. The molecule has 5 nitrogen and oxygen atoms in total. The van der Waals surface area contributed by atoms with Gasteiger partial charge in [-0.25, -0.2) is 9.48 Å². The monoisotopic (exact) mass is 322 g/mol. The number of carboxylic acid groups (broad SMARTS) is 1. The van der Waals surface area contributed by atoms with Crippen molar-refractivity contribution in [2.45, 2.75) is 13.8 Å². The summed E-state index contributed by atoms with van der Waals surface area (Å²) < 4.78 is 6.95. The van der Waals surface area contributed by atoms with Gasteiger partial charge in [-0.2, -0.15) is 5.10 Å². The summed E-state index contributed by atoms with van der Waals surface area (Å²) in [5.41, 5.74) is 4.54. The van der Waals surface area contributed by atoms with E-state index in [0.29, 0.717) is 0 Å². The molecule has 1 N–H and O–H groups in total. The number of benzene rings is 2. The number of nitrogens with zero attached hydrogens (tertiary/aromatic N) is 2. The summed E-state index contributed by atoms with van der Waals surface area (Å²) in [5.74, 6) is -0.258. The van der Waals surface area contributed by atoms with Crippen LogP contribution >= 0.6 is 0 Å². The second-order valence-corrected chi connectivity index (χ2v) is 5.65. The van der Waals surface area contributed by atoms with E-state index in [1.54, 1.807) is 17.9 Å². The van der Waals surface area contributed by atoms with Gasteiger partial charge in [-0.05, 0) is 55.8 Å². The van der Waals surface area contributed by atoms with E-state index in [1.165, 1.54) is 0 Å². The van der Waals surface area contributed by atoms with E-state index < -0.39 is 5.97 Å². The fourth-order valence-corrected chi connectivity index (χ4v) is 2.61. The van der Waals surface area contributed by atoms with Crippen molar-refractivity contribution in [2.75, 3.05) is 7.11 Å². The highest BCUT2D eigenvalue weighted by Crippen LogP contribution is 2.28. The Morgan fingerprint density at radius 2 is 1.79 bits per heavy atom. The van der Waals surface area contributed by atoms with Gasteiger partial charge in [0.05, 0.1) is 18.5 Å². The van der Waals surface area contributed by atoms with Crippen LogP contribution in [-0.2, 0) is 0 Å². The molecule has 3 rings (SSSR count). The van der Waals surface area contributed by atoms with Crippen molar-refractivity contribution in [3.8, 4) is 22.7 Å². The average Bonchev–Trinajstić information content (AvgIpc) is 3.01. The first-order chi connectivity index (χ1) is 11.5. The summed E-state index contributed by atoms with van der Waals surface area (Å²) in [7, 11) is 1.63. The molecule has 122 valence electrons. The van der Waals surface area contributed by atoms with E-state index in [0.717, 1.165) is 33.8 Å². The number of carbonyl (C=O) groups is 1. The number of hydrogen-bond acceptors (Lipinski definition) is 3. The Kier molecular flexibility index (Phi) is 4.08. The van der Waals surface area contributed by atoms with Gasteiger partial charge >= 0.3 is 5.97 Å². The Morgan fingerprint density at radius 3 is 2.38 bits per heavy atom. The SMILES string of the molecule is COc1ccc(-c2cc(C(=O)O)nn2-c2ccc(C)cc2)cc1C. The zero-order chi connectivity index (χ0) is 17.3. The molecule has 1 aromatic heterocycles. The van der Waals surface area contributed by atoms with Crippen molar-refractivity contribution in [3.63, 3.8) is 0 Å². The van der Waals surface area contributed by atoms with Gasteiger partial charge in [-0.1, -0.05) is 17.7 Å². The Balaban J connectivity index is 2.17. The van der Waals surface area contributed by atoms with Crippen molar-refractivity contribution in [1.29, 1.82) is 0 Å². The van der Waals surface area contributed by atoms with Crippen LogP contribution in [0.2, 0.25) is 0 Å². The summed E-state index contributed by atoms with van der Waals surface area (Å²) >= 11 is 0. The number of hydrogen-bond donors (Lipinski definition) is 1.